The molecule has 0 saturated carbocycles. The molecule has 4 rings (SSSR count). The second kappa shape index (κ2) is 9.68. The number of nitrogens with one attached hydrogen (secondary N) is 2. The number of hydrogen-bond donors (Lipinski definition) is 2. The van der Waals surface area contributed by atoms with Crippen LogP contribution in [0.5, 0.6) is 5.75 Å². The lowest BCUT2D eigenvalue weighted by molar-refractivity contribution is 0.0341. The van der Waals surface area contributed by atoms with Crippen LogP contribution < -0.4 is 10.4 Å². The van der Waals surface area contributed by atoms with Crippen LogP contribution in [0.25, 0.3) is 0 Å². The van der Waals surface area contributed by atoms with Crippen molar-refractivity contribution in [2.75, 3.05) is 26.8 Å². The Bertz CT molecular complexity index is 1040. The van der Waals surface area contributed by atoms with Gasteiger partial charge >= 0.3 is 5.69 Å². The van der Waals surface area contributed by atoms with Crippen LogP contribution in [0.3, 0.4) is 0 Å². The molecule has 1 aliphatic heterocycles. The Hall–Kier alpha value is -2.61. The molecule has 164 valence electrons. The first-order valence-corrected chi connectivity index (χ1v) is 10.8. The number of aromatic amines is 2. The van der Waals surface area contributed by atoms with Gasteiger partial charge in [0, 0.05) is 10.4 Å². The fraction of sp³-hybridized carbons (Fsp3) is 0.391. The van der Waals surface area contributed by atoms with Crippen LogP contribution in [-0.4, -0.2) is 46.9 Å². The van der Waals surface area contributed by atoms with Crippen molar-refractivity contribution in [3.8, 4) is 5.75 Å². The number of piperidine rings is 1. The number of benzene rings is 2. The maximum atomic E-state index is 11.3. The Balaban J connectivity index is 1.43. The van der Waals surface area contributed by atoms with Crippen molar-refractivity contribution in [1.29, 1.82) is 0 Å². The third kappa shape index (κ3) is 5.36. The number of likely N-dealkylation sites (tertiary alicyclic amines) is 1. The normalized spacial score (nSPS) is 16.3. The molecule has 2 heterocycles. The monoisotopic (exact) mass is 442 g/mol. The number of rotatable bonds is 8. The van der Waals surface area contributed by atoms with Gasteiger partial charge in [0.15, 0.2) is 0 Å². The predicted octanol–water partition coefficient (Wildman–Crippen LogP) is 3.51. The summed E-state index contributed by atoms with van der Waals surface area (Å²) in [7, 11) is 1.63. The summed E-state index contributed by atoms with van der Waals surface area (Å²) >= 11 is 6.19. The molecule has 0 spiro atoms. The highest BCUT2D eigenvalue weighted by atomic mass is 35.5. The summed E-state index contributed by atoms with van der Waals surface area (Å²) in [5.74, 6) is 1.40. The molecule has 2 aromatic carbocycles. The first kappa shape index (κ1) is 21.6. The van der Waals surface area contributed by atoms with E-state index >= 15 is 0 Å². The van der Waals surface area contributed by atoms with Crippen LogP contribution in [-0.2, 0) is 23.3 Å². The Morgan fingerprint density at radius 3 is 2.61 bits per heavy atom. The second-order valence-corrected chi connectivity index (χ2v) is 8.48. The minimum Gasteiger partial charge on any atom is -0.497 e. The fourth-order valence-electron chi connectivity index (χ4n) is 4.23. The smallest absolute Gasteiger partial charge is 0.340 e. The lowest BCUT2D eigenvalue weighted by Gasteiger charge is -2.42. The number of aromatic nitrogens is 3. The lowest BCUT2D eigenvalue weighted by atomic mass is 9.73. The molecule has 0 bridgehead atoms. The van der Waals surface area contributed by atoms with Gasteiger partial charge in [-0.3, -0.25) is 9.88 Å². The molecule has 0 atom stereocenters. The van der Waals surface area contributed by atoms with Crippen molar-refractivity contribution in [3.05, 3.63) is 81.0 Å². The molecule has 1 aromatic heterocycles. The van der Waals surface area contributed by atoms with Gasteiger partial charge in [0.05, 0.1) is 26.9 Å². The van der Waals surface area contributed by atoms with Crippen LogP contribution in [0.1, 0.15) is 29.8 Å². The number of methoxy groups -OCH3 is 1. The standard InChI is InChI=1S/C23H27ClN4O3/c1-30-20-12-17(11-19(24)13-20)15-31-16-23(18-5-3-2-4-6-18)7-9-28(10-8-23)14-21-25-22(29)27-26-21/h2-6,11-13H,7-10,14-16H2,1H3,(H2,25,26,27,29). The highest BCUT2D eigenvalue weighted by Gasteiger charge is 2.36. The summed E-state index contributed by atoms with van der Waals surface area (Å²) < 4.78 is 11.5. The van der Waals surface area contributed by atoms with E-state index in [1.807, 2.05) is 18.2 Å². The highest BCUT2D eigenvalue weighted by Crippen LogP contribution is 2.36. The molecule has 1 saturated heterocycles. The van der Waals surface area contributed by atoms with Crippen LogP contribution in [0.2, 0.25) is 5.02 Å². The molecule has 0 aliphatic carbocycles. The van der Waals surface area contributed by atoms with E-state index in [0.29, 0.717) is 30.6 Å². The van der Waals surface area contributed by atoms with Gasteiger partial charge in [0.2, 0.25) is 0 Å². The Labute approximate surface area is 186 Å². The predicted molar refractivity (Wildman–Crippen MR) is 119 cm³/mol. The van der Waals surface area contributed by atoms with Crippen LogP contribution in [0.4, 0.5) is 0 Å². The summed E-state index contributed by atoms with van der Waals surface area (Å²) in [4.78, 5) is 16.3. The van der Waals surface area contributed by atoms with Gasteiger partial charge in [0.1, 0.15) is 11.6 Å². The summed E-state index contributed by atoms with van der Waals surface area (Å²) in [5, 5.41) is 7.10. The fourth-order valence-corrected chi connectivity index (χ4v) is 4.47. The molecule has 7 nitrogen and oxygen atoms in total. The summed E-state index contributed by atoms with van der Waals surface area (Å²) in [6.45, 7) is 3.53. The van der Waals surface area contributed by atoms with Gasteiger partial charge in [-0.15, -0.1) is 0 Å². The number of H-pyrrole nitrogens is 2. The van der Waals surface area contributed by atoms with E-state index in [4.69, 9.17) is 21.1 Å². The zero-order valence-corrected chi connectivity index (χ0v) is 18.3. The van der Waals surface area contributed by atoms with Crippen LogP contribution >= 0.6 is 11.6 Å². The van der Waals surface area contributed by atoms with Gasteiger partial charge in [-0.2, -0.15) is 5.10 Å². The molecule has 8 heteroatoms. The minimum atomic E-state index is -0.267. The van der Waals surface area contributed by atoms with Crippen molar-refractivity contribution < 1.29 is 9.47 Å². The van der Waals surface area contributed by atoms with Crippen LogP contribution in [0, 0.1) is 0 Å². The maximum absolute atomic E-state index is 11.3. The summed E-state index contributed by atoms with van der Waals surface area (Å²) in [5.41, 5.74) is 1.97. The lowest BCUT2D eigenvalue weighted by Crippen LogP contribution is -2.45. The van der Waals surface area contributed by atoms with E-state index in [1.165, 1.54) is 5.56 Å². The van der Waals surface area contributed by atoms with Crippen molar-refractivity contribution >= 4 is 11.6 Å². The number of nitrogens with zero attached hydrogens (tertiary/aromatic N) is 2. The molecule has 2 N–H and O–H groups in total. The number of halogens is 1. The average molecular weight is 443 g/mol. The van der Waals surface area contributed by atoms with E-state index in [-0.39, 0.29) is 11.1 Å². The van der Waals surface area contributed by atoms with Gasteiger partial charge in [-0.1, -0.05) is 41.9 Å². The minimum absolute atomic E-state index is 0.0561. The SMILES string of the molecule is COc1cc(Cl)cc(COCC2(c3ccccc3)CCN(Cc3n[nH]c(=O)[nH]3)CC2)c1. The number of ether oxygens (including phenoxy) is 2. The molecule has 1 fully saturated rings. The van der Waals surface area contributed by atoms with Crippen molar-refractivity contribution in [3.63, 3.8) is 0 Å². The van der Waals surface area contributed by atoms with Gasteiger partial charge in [-0.25, -0.2) is 9.89 Å². The first-order valence-electron chi connectivity index (χ1n) is 10.4. The van der Waals surface area contributed by atoms with E-state index in [2.05, 4.69) is 44.3 Å². The van der Waals surface area contributed by atoms with E-state index in [9.17, 15) is 4.79 Å². The third-order valence-corrected chi connectivity index (χ3v) is 6.16. The van der Waals surface area contributed by atoms with Crippen molar-refractivity contribution in [2.45, 2.75) is 31.4 Å². The molecule has 0 amide bonds. The third-order valence-electron chi connectivity index (χ3n) is 5.94. The molecule has 0 unspecified atom stereocenters. The van der Waals surface area contributed by atoms with Gasteiger partial charge in [-0.05, 0) is 55.3 Å². The Morgan fingerprint density at radius 1 is 1.16 bits per heavy atom. The molecule has 3 aromatic rings. The van der Waals surface area contributed by atoms with E-state index in [1.54, 1.807) is 13.2 Å². The number of hydrogen-bond acceptors (Lipinski definition) is 5. The van der Waals surface area contributed by atoms with Crippen LogP contribution in [0.15, 0.2) is 53.3 Å². The second-order valence-electron chi connectivity index (χ2n) is 8.04. The first-order chi connectivity index (χ1) is 15.1. The van der Waals surface area contributed by atoms with E-state index < -0.39 is 0 Å². The maximum Gasteiger partial charge on any atom is 0.340 e. The Morgan fingerprint density at radius 2 is 1.94 bits per heavy atom. The quantitative estimate of drug-likeness (QED) is 0.557. The largest absolute Gasteiger partial charge is 0.497 e. The molecule has 0 radical (unpaired) electrons. The van der Waals surface area contributed by atoms with Crippen molar-refractivity contribution in [2.24, 2.45) is 0 Å². The van der Waals surface area contributed by atoms with Crippen molar-refractivity contribution in [1.82, 2.24) is 20.1 Å². The highest BCUT2D eigenvalue weighted by molar-refractivity contribution is 6.30. The van der Waals surface area contributed by atoms with Gasteiger partial charge in [0.25, 0.3) is 0 Å². The molecular formula is C23H27ClN4O3. The topological polar surface area (TPSA) is 83.2 Å². The summed E-state index contributed by atoms with van der Waals surface area (Å²) in [6, 6.07) is 16.2. The molecule has 31 heavy (non-hydrogen) atoms. The molecular weight excluding hydrogens is 416 g/mol. The zero-order chi connectivity index (χ0) is 21.7. The summed E-state index contributed by atoms with van der Waals surface area (Å²) in [6.07, 6.45) is 1.93. The molecule has 1 aliphatic rings. The van der Waals surface area contributed by atoms with Gasteiger partial charge < -0.3 is 9.47 Å². The zero-order valence-electron chi connectivity index (χ0n) is 17.6. The average Bonchev–Trinajstić information content (AvgIpc) is 3.20. The van der Waals surface area contributed by atoms with E-state index in [0.717, 1.165) is 37.2 Å². The Kier molecular flexibility index (Phi) is 6.75.